The average molecular weight is 299 g/mol. The van der Waals surface area contributed by atoms with Crippen LogP contribution in [0.2, 0.25) is 0 Å². The Hall–Kier alpha value is -1.48. The van der Waals surface area contributed by atoms with Crippen molar-refractivity contribution in [3.8, 4) is 0 Å². The van der Waals surface area contributed by atoms with Gasteiger partial charge in [0.25, 0.3) is 0 Å². The van der Waals surface area contributed by atoms with Crippen LogP contribution in [0.1, 0.15) is 12.0 Å². The number of amides is 1. The number of hydrogen-bond donors (Lipinski definition) is 3. The number of hydrogen-bond acceptors (Lipinski definition) is 5. The molecule has 7 nitrogen and oxygen atoms in total. The lowest BCUT2D eigenvalue weighted by Gasteiger charge is -2.20. The number of nitrogens with one attached hydrogen (secondary N) is 1. The van der Waals surface area contributed by atoms with Gasteiger partial charge in [-0.05, 0) is 24.1 Å². The van der Waals surface area contributed by atoms with Gasteiger partial charge in [0, 0.05) is 13.2 Å². The fraction of sp³-hybridized carbons (Fsp3) is 0.417. The maximum atomic E-state index is 11.9. The molecule has 0 aromatic heterocycles. The number of nitrogens with two attached hydrogens (primary N) is 2. The Balaban J connectivity index is 1.96. The van der Waals surface area contributed by atoms with Crippen LogP contribution < -0.4 is 16.2 Å². The molecule has 1 atom stereocenters. The van der Waals surface area contributed by atoms with E-state index in [-0.39, 0.29) is 24.0 Å². The minimum Gasteiger partial charge on any atom is -0.379 e. The molecule has 0 aliphatic carbocycles. The van der Waals surface area contributed by atoms with E-state index >= 15 is 0 Å². The molecule has 5 N–H and O–H groups in total. The lowest BCUT2D eigenvalue weighted by Crippen LogP contribution is -2.54. The molecule has 110 valence electrons. The van der Waals surface area contributed by atoms with E-state index in [4.69, 9.17) is 15.6 Å². The molecule has 0 saturated carbocycles. The smallest absolute Gasteiger partial charge is 0.242 e. The van der Waals surface area contributed by atoms with Crippen LogP contribution in [0, 0.1) is 0 Å². The van der Waals surface area contributed by atoms with Gasteiger partial charge in [0.15, 0.2) is 0 Å². The number of benzene rings is 1. The van der Waals surface area contributed by atoms with E-state index in [2.05, 4.69) is 5.32 Å². The topological polar surface area (TPSA) is 125 Å². The summed E-state index contributed by atoms with van der Waals surface area (Å²) in [4.78, 5) is 12.0. The molecule has 1 aliphatic heterocycles. The molecule has 20 heavy (non-hydrogen) atoms. The Bertz CT molecular complexity index is 592. The van der Waals surface area contributed by atoms with Gasteiger partial charge in [0.2, 0.25) is 15.9 Å². The molecular formula is C12H17N3O4S. The molecule has 1 unspecified atom stereocenters. The average Bonchev–Trinajstić information content (AvgIpc) is 2.84. The third kappa shape index (κ3) is 3.34. The molecule has 1 aromatic rings. The van der Waals surface area contributed by atoms with Gasteiger partial charge in [-0.1, -0.05) is 12.1 Å². The summed E-state index contributed by atoms with van der Waals surface area (Å²) in [5, 5.41) is 7.72. The largest absolute Gasteiger partial charge is 0.379 e. The lowest BCUT2D eigenvalue weighted by molar-refractivity contribution is -0.126. The Morgan fingerprint density at radius 2 is 2.00 bits per heavy atom. The van der Waals surface area contributed by atoms with Crippen LogP contribution in [0.5, 0.6) is 0 Å². The van der Waals surface area contributed by atoms with Gasteiger partial charge < -0.3 is 15.8 Å². The number of carbonyl (C=O) groups excluding carboxylic acids is 1. The molecule has 1 saturated heterocycles. The van der Waals surface area contributed by atoms with Crippen LogP contribution in [0.4, 0.5) is 0 Å². The van der Waals surface area contributed by atoms with Crippen LogP contribution in [0.15, 0.2) is 29.2 Å². The zero-order valence-corrected chi connectivity index (χ0v) is 11.7. The SMILES string of the molecule is NC1(C(=O)NCc2ccc(S(N)(=O)=O)cc2)CCOC1. The van der Waals surface area contributed by atoms with E-state index in [1.54, 1.807) is 12.1 Å². The first kappa shape index (κ1) is 14.9. The fourth-order valence-corrected chi connectivity index (χ4v) is 2.43. The Labute approximate surface area is 117 Å². The van der Waals surface area contributed by atoms with Crippen molar-refractivity contribution in [3.63, 3.8) is 0 Å². The van der Waals surface area contributed by atoms with Gasteiger partial charge in [-0.15, -0.1) is 0 Å². The summed E-state index contributed by atoms with van der Waals surface area (Å²) >= 11 is 0. The molecule has 0 bridgehead atoms. The van der Waals surface area contributed by atoms with Gasteiger partial charge >= 0.3 is 0 Å². The molecule has 1 heterocycles. The van der Waals surface area contributed by atoms with Gasteiger partial charge in [-0.2, -0.15) is 0 Å². The van der Waals surface area contributed by atoms with Crippen molar-refractivity contribution in [2.75, 3.05) is 13.2 Å². The van der Waals surface area contributed by atoms with E-state index in [1.165, 1.54) is 12.1 Å². The molecule has 2 rings (SSSR count). The standard InChI is InChI=1S/C12H17N3O4S/c13-12(5-6-19-8-12)11(16)15-7-9-1-3-10(4-2-9)20(14,17)18/h1-4H,5-8,13H2,(H,15,16)(H2,14,17,18). The van der Waals surface area contributed by atoms with E-state index in [0.29, 0.717) is 13.0 Å². The van der Waals surface area contributed by atoms with E-state index < -0.39 is 15.6 Å². The quantitative estimate of drug-likeness (QED) is 0.662. The third-order valence-corrected chi connectivity index (χ3v) is 4.14. The summed E-state index contributed by atoms with van der Waals surface area (Å²) in [5.41, 5.74) is 5.70. The Morgan fingerprint density at radius 3 is 2.50 bits per heavy atom. The van der Waals surface area contributed by atoms with Crippen molar-refractivity contribution in [2.45, 2.75) is 23.4 Å². The third-order valence-electron chi connectivity index (χ3n) is 3.21. The summed E-state index contributed by atoms with van der Waals surface area (Å²) in [6, 6.07) is 5.98. The summed E-state index contributed by atoms with van der Waals surface area (Å²) < 4.78 is 27.3. The van der Waals surface area contributed by atoms with Crippen LogP contribution in [0.25, 0.3) is 0 Å². The number of ether oxygens (including phenoxy) is 1. The number of sulfonamides is 1. The first-order valence-corrected chi connectivity index (χ1v) is 7.63. The maximum Gasteiger partial charge on any atom is 0.242 e. The fourth-order valence-electron chi connectivity index (χ4n) is 1.92. The maximum absolute atomic E-state index is 11.9. The van der Waals surface area contributed by atoms with E-state index in [0.717, 1.165) is 5.56 Å². The summed E-state index contributed by atoms with van der Waals surface area (Å²) in [7, 11) is -3.70. The highest BCUT2D eigenvalue weighted by Crippen LogP contribution is 2.16. The molecule has 8 heteroatoms. The minimum absolute atomic E-state index is 0.0343. The van der Waals surface area contributed by atoms with Crippen molar-refractivity contribution < 1.29 is 17.9 Å². The van der Waals surface area contributed by atoms with Crippen molar-refractivity contribution in [3.05, 3.63) is 29.8 Å². The predicted octanol–water partition coefficient (Wildman–Crippen LogP) is -0.932. The summed E-state index contributed by atoms with van der Waals surface area (Å²) in [5.74, 6) is -0.273. The highest BCUT2D eigenvalue weighted by atomic mass is 32.2. The number of rotatable bonds is 4. The van der Waals surface area contributed by atoms with Crippen LogP contribution in [-0.4, -0.2) is 33.1 Å². The summed E-state index contributed by atoms with van der Waals surface area (Å²) in [6.07, 6.45) is 0.489. The predicted molar refractivity (Wildman–Crippen MR) is 72.0 cm³/mol. The second-order valence-electron chi connectivity index (χ2n) is 4.83. The number of primary sulfonamides is 1. The van der Waals surface area contributed by atoms with Gasteiger partial charge in [0.05, 0.1) is 11.5 Å². The molecule has 1 aliphatic rings. The first-order valence-electron chi connectivity index (χ1n) is 6.08. The van der Waals surface area contributed by atoms with Crippen LogP contribution in [0.3, 0.4) is 0 Å². The molecule has 0 radical (unpaired) electrons. The summed E-state index contributed by atoms with van der Waals surface area (Å²) in [6.45, 7) is 0.957. The van der Waals surface area contributed by atoms with Gasteiger partial charge in [-0.25, -0.2) is 13.6 Å². The molecule has 1 fully saturated rings. The zero-order valence-electron chi connectivity index (χ0n) is 10.8. The van der Waals surface area contributed by atoms with Gasteiger partial charge in [0.1, 0.15) is 5.54 Å². The molecule has 0 spiro atoms. The Kier molecular flexibility index (Phi) is 4.09. The van der Waals surface area contributed by atoms with Crippen LogP contribution in [-0.2, 0) is 26.1 Å². The molecule has 1 amide bonds. The van der Waals surface area contributed by atoms with E-state index in [9.17, 15) is 13.2 Å². The molecule has 1 aromatic carbocycles. The van der Waals surface area contributed by atoms with Crippen LogP contribution >= 0.6 is 0 Å². The highest BCUT2D eigenvalue weighted by molar-refractivity contribution is 7.89. The van der Waals surface area contributed by atoms with E-state index in [1.807, 2.05) is 0 Å². The second-order valence-corrected chi connectivity index (χ2v) is 6.39. The Morgan fingerprint density at radius 1 is 1.35 bits per heavy atom. The van der Waals surface area contributed by atoms with Crippen molar-refractivity contribution in [1.82, 2.24) is 5.32 Å². The number of carbonyl (C=O) groups is 1. The van der Waals surface area contributed by atoms with Gasteiger partial charge in [-0.3, -0.25) is 4.79 Å². The van der Waals surface area contributed by atoms with Crippen molar-refractivity contribution in [2.24, 2.45) is 10.9 Å². The lowest BCUT2D eigenvalue weighted by atomic mass is 9.99. The highest BCUT2D eigenvalue weighted by Gasteiger charge is 2.37. The zero-order chi connectivity index (χ0) is 14.8. The first-order chi connectivity index (χ1) is 9.31. The second kappa shape index (κ2) is 5.49. The van der Waals surface area contributed by atoms with Crippen molar-refractivity contribution >= 4 is 15.9 Å². The monoisotopic (exact) mass is 299 g/mol. The minimum atomic E-state index is -3.70. The molecular weight excluding hydrogens is 282 g/mol. The normalized spacial score (nSPS) is 22.7. The van der Waals surface area contributed by atoms with Crippen molar-refractivity contribution in [1.29, 1.82) is 0 Å².